The minimum absolute atomic E-state index is 0.168. The quantitative estimate of drug-likeness (QED) is 0.865. The Labute approximate surface area is 111 Å². The van der Waals surface area contributed by atoms with Crippen LogP contribution in [0.2, 0.25) is 0 Å². The number of nitrogens with zero attached hydrogens (tertiary/aromatic N) is 2. The van der Waals surface area contributed by atoms with Gasteiger partial charge in [-0.15, -0.1) is 0 Å². The van der Waals surface area contributed by atoms with Crippen molar-refractivity contribution in [1.29, 1.82) is 0 Å². The molecule has 3 nitrogen and oxygen atoms in total. The van der Waals surface area contributed by atoms with Gasteiger partial charge in [-0.1, -0.05) is 34.1 Å². The van der Waals surface area contributed by atoms with Crippen molar-refractivity contribution >= 4 is 27.6 Å². The first kappa shape index (κ1) is 12.9. The lowest BCUT2D eigenvalue weighted by molar-refractivity contribution is 0.145. The summed E-state index contributed by atoms with van der Waals surface area (Å²) in [6, 6.07) is 9.16. The van der Waals surface area contributed by atoms with Gasteiger partial charge >= 0.3 is 0 Å². The van der Waals surface area contributed by atoms with Crippen LogP contribution in [0.25, 0.3) is 0 Å². The average Bonchev–Trinajstić information content (AvgIpc) is 2.40. The summed E-state index contributed by atoms with van der Waals surface area (Å²) in [7, 11) is 0. The predicted molar refractivity (Wildman–Crippen MR) is 69.3 cm³/mol. The van der Waals surface area contributed by atoms with Gasteiger partial charge in [0.05, 0.1) is 0 Å². The van der Waals surface area contributed by atoms with Crippen molar-refractivity contribution in [1.82, 2.24) is 9.97 Å². The number of hydrogen-bond acceptors (Lipinski definition) is 3. The summed E-state index contributed by atoms with van der Waals surface area (Å²) in [5.74, 6) is 0.168. The summed E-state index contributed by atoms with van der Waals surface area (Å²) in [4.78, 5) is 7.84. The molecule has 1 aromatic heterocycles. The van der Waals surface area contributed by atoms with Crippen molar-refractivity contribution in [2.45, 2.75) is 11.8 Å². The molecule has 0 aliphatic rings. The Bertz CT molecular complexity index is 520. The Morgan fingerprint density at radius 1 is 1.22 bits per heavy atom. The Morgan fingerprint density at radius 3 is 2.56 bits per heavy atom. The molecule has 6 heteroatoms. The number of nitrogens with one attached hydrogen (secondary N) is 1. The van der Waals surface area contributed by atoms with Crippen LogP contribution < -0.4 is 5.32 Å². The Hall–Kier alpha value is -1.56. The molecule has 1 N–H and O–H groups in total. The molecule has 0 fully saturated rings. The fourth-order valence-electron chi connectivity index (χ4n) is 1.42. The standard InChI is InChI=1S/C12H10BrF2N3/c13-6-8-7-16-12(18-10(8)11(14)15)17-9-4-2-1-3-5-9/h1-5,7,11H,6H2,(H,16,17,18). The van der Waals surface area contributed by atoms with E-state index < -0.39 is 6.43 Å². The summed E-state index contributed by atoms with van der Waals surface area (Å²) in [5.41, 5.74) is 0.897. The maximum atomic E-state index is 12.8. The maximum absolute atomic E-state index is 12.8. The largest absolute Gasteiger partial charge is 0.324 e. The van der Waals surface area contributed by atoms with Gasteiger partial charge in [-0.25, -0.2) is 18.7 Å². The van der Waals surface area contributed by atoms with Crippen LogP contribution in [0.3, 0.4) is 0 Å². The number of rotatable bonds is 4. The highest BCUT2D eigenvalue weighted by molar-refractivity contribution is 9.08. The van der Waals surface area contributed by atoms with E-state index in [1.54, 1.807) is 0 Å². The fourth-order valence-corrected chi connectivity index (χ4v) is 1.85. The fraction of sp³-hybridized carbons (Fsp3) is 0.167. The summed E-state index contributed by atoms with van der Waals surface area (Å²) < 4.78 is 25.6. The molecule has 0 amide bonds. The van der Waals surface area contributed by atoms with Crippen molar-refractivity contribution in [3.8, 4) is 0 Å². The normalized spacial score (nSPS) is 10.7. The summed E-state index contributed by atoms with van der Waals surface area (Å²) in [5, 5.41) is 3.18. The number of anilines is 2. The molecule has 2 rings (SSSR count). The van der Waals surface area contributed by atoms with Gasteiger partial charge in [0.1, 0.15) is 5.69 Å². The highest BCUT2D eigenvalue weighted by Crippen LogP contribution is 2.24. The van der Waals surface area contributed by atoms with Gasteiger partial charge in [0.2, 0.25) is 5.95 Å². The predicted octanol–water partition coefficient (Wildman–Crippen LogP) is 4.05. The van der Waals surface area contributed by atoms with E-state index in [1.165, 1.54) is 6.20 Å². The van der Waals surface area contributed by atoms with E-state index in [4.69, 9.17) is 0 Å². The number of halogens is 3. The molecular formula is C12H10BrF2N3. The van der Waals surface area contributed by atoms with Crippen LogP contribution >= 0.6 is 15.9 Å². The molecule has 0 aliphatic carbocycles. The molecule has 0 spiro atoms. The first-order valence-electron chi connectivity index (χ1n) is 5.22. The Morgan fingerprint density at radius 2 is 1.94 bits per heavy atom. The molecule has 0 bridgehead atoms. The molecule has 0 aliphatic heterocycles. The van der Waals surface area contributed by atoms with Gasteiger partial charge in [-0.3, -0.25) is 0 Å². The van der Waals surface area contributed by atoms with Crippen molar-refractivity contribution < 1.29 is 8.78 Å². The number of alkyl halides is 3. The van der Waals surface area contributed by atoms with Gasteiger partial charge in [-0.05, 0) is 12.1 Å². The van der Waals surface area contributed by atoms with Crippen LogP contribution in [0.15, 0.2) is 36.5 Å². The minimum Gasteiger partial charge on any atom is -0.324 e. The van der Waals surface area contributed by atoms with E-state index >= 15 is 0 Å². The zero-order valence-electron chi connectivity index (χ0n) is 9.28. The summed E-state index contributed by atoms with van der Waals surface area (Å²) >= 11 is 3.13. The lowest BCUT2D eigenvalue weighted by Gasteiger charge is -2.09. The smallest absolute Gasteiger partial charge is 0.280 e. The van der Waals surface area contributed by atoms with Crippen molar-refractivity contribution in [3.05, 3.63) is 47.8 Å². The summed E-state index contributed by atoms with van der Waals surface area (Å²) in [6.07, 6.45) is -1.22. The first-order chi connectivity index (χ1) is 8.70. The monoisotopic (exact) mass is 313 g/mol. The third-order valence-electron chi connectivity index (χ3n) is 2.28. The molecular weight excluding hydrogens is 304 g/mol. The second kappa shape index (κ2) is 5.86. The van der Waals surface area contributed by atoms with Crippen molar-refractivity contribution in [2.24, 2.45) is 0 Å². The molecule has 0 atom stereocenters. The molecule has 18 heavy (non-hydrogen) atoms. The van der Waals surface area contributed by atoms with E-state index in [0.29, 0.717) is 10.9 Å². The van der Waals surface area contributed by atoms with Crippen LogP contribution in [0.4, 0.5) is 20.4 Å². The molecule has 2 aromatic rings. The number of para-hydroxylation sites is 1. The van der Waals surface area contributed by atoms with Gasteiger partial charge in [0.15, 0.2) is 0 Å². The van der Waals surface area contributed by atoms with Gasteiger partial charge < -0.3 is 5.32 Å². The zero-order valence-corrected chi connectivity index (χ0v) is 10.9. The van der Waals surface area contributed by atoms with Crippen molar-refractivity contribution in [3.63, 3.8) is 0 Å². The summed E-state index contributed by atoms with van der Waals surface area (Å²) in [6.45, 7) is 0. The lowest BCUT2D eigenvalue weighted by atomic mass is 10.2. The van der Waals surface area contributed by atoms with E-state index in [-0.39, 0.29) is 11.6 Å². The SMILES string of the molecule is FC(F)c1nc(Nc2ccccc2)ncc1CBr. The van der Waals surface area contributed by atoms with Crippen LogP contribution in [-0.4, -0.2) is 9.97 Å². The van der Waals surface area contributed by atoms with Crippen LogP contribution in [0.1, 0.15) is 17.7 Å². The number of hydrogen-bond donors (Lipinski definition) is 1. The molecule has 0 unspecified atom stereocenters. The first-order valence-corrected chi connectivity index (χ1v) is 6.35. The van der Waals surface area contributed by atoms with E-state index in [1.807, 2.05) is 30.3 Å². The number of aromatic nitrogens is 2. The van der Waals surface area contributed by atoms with Gasteiger partial charge in [0, 0.05) is 22.8 Å². The topological polar surface area (TPSA) is 37.8 Å². The maximum Gasteiger partial charge on any atom is 0.280 e. The third-order valence-corrected chi connectivity index (χ3v) is 2.88. The van der Waals surface area contributed by atoms with Gasteiger partial charge in [-0.2, -0.15) is 0 Å². The second-order valence-corrected chi connectivity index (χ2v) is 4.09. The zero-order chi connectivity index (χ0) is 13.0. The molecule has 94 valence electrons. The number of benzene rings is 1. The van der Waals surface area contributed by atoms with Crippen molar-refractivity contribution in [2.75, 3.05) is 5.32 Å². The Balaban J connectivity index is 2.27. The molecule has 1 heterocycles. The van der Waals surface area contributed by atoms with E-state index in [2.05, 4.69) is 31.2 Å². The molecule has 1 aromatic carbocycles. The van der Waals surface area contributed by atoms with E-state index in [0.717, 1.165) is 5.69 Å². The van der Waals surface area contributed by atoms with E-state index in [9.17, 15) is 8.78 Å². The Kier molecular flexibility index (Phi) is 4.19. The highest BCUT2D eigenvalue weighted by atomic mass is 79.9. The molecule has 0 saturated heterocycles. The van der Waals surface area contributed by atoms with Crippen LogP contribution in [0.5, 0.6) is 0 Å². The lowest BCUT2D eigenvalue weighted by Crippen LogP contribution is -2.03. The van der Waals surface area contributed by atoms with Crippen LogP contribution in [-0.2, 0) is 5.33 Å². The third kappa shape index (κ3) is 3.01. The van der Waals surface area contributed by atoms with Gasteiger partial charge in [0.25, 0.3) is 6.43 Å². The highest BCUT2D eigenvalue weighted by Gasteiger charge is 2.15. The average molecular weight is 314 g/mol. The molecule has 0 radical (unpaired) electrons. The molecule has 0 saturated carbocycles. The minimum atomic E-state index is -2.61. The van der Waals surface area contributed by atoms with Crippen LogP contribution in [0, 0.1) is 0 Å². The second-order valence-electron chi connectivity index (χ2n) is 3.53.